The summed E-state index contributed by atoms with van der Waals surface area (Å²) < 4.78 is 37.6. The van der Waals surface area contributed by atoms with E-state index in [9.17, 15) is 13.2 Å². The van der Waals surface area contributed by atoms with Gasteiger partial charge < -0.3 is 11.1 Å². The van der Waals surface area contributed by atoms with E-state index in [2.05, 4.69) is 21.2 Å². The smallest absolute Gasteiger partial charge is 0.384 e. The van der Waals surface area contributed by atoms with E-state index in [1.807, 2.05) is 0 Å². The number of rotatable bonds is 5. The fourth-order valence-corrected chi connectivity index (χ4v) is 1.85. The van der Waals surface area contributed by atoms with Crippen molar-refractivity contribution in [2.75, 3.05) is 18.4 Å². The fraction of sp³-hybridized carbons (Fsp3) is 0.455. The number of benzene rings is 1. The molecule has 17 heavy (non-hydrogen) atoms. The van der Waals surface area contributed by atoms with Crippen LogP contribution < -0.4 is 11.1 Å². The van der Waals surface area contributed by atoms with E-state index in [0.717, 1.165) is 25.0 Å². The zero-order valence-corrected chi connectivity index (χ0v) is 10.7. The summed E-state index contributed by atoms with van der Waals surface area (Å²) in [5.74, 6) is 0. The summed E-state index contributed by atoms with van der Waals surface area (Å²) in [7, 11) is 0. The molecular formula is C11H14BrF3N2. The van der Waals surface area contributed by atoms with E-state index in [0.29, 0.717) is 23.2 Å². The number of anilines is 1. The highest BCUT2D eigenvalue weighted by Crippen LogP contribution is 2.33. The van der Waals surface area contributed by atoms with E-state index in [-0.39, 0.29) is 0 Å². The van der Waals surface area contributed by atoms with E-state index < -0.39 is 11.7 Å². The van der Waals surface area contributed by atoms with Gasteiger partial charge in [0.25, 0.3) is 0 Å². The largest absolute Gasteiger partial charge is 0.416 e. The second-order valence-corrected chi connectivity index (χ2v) is 4.47. The molecule has 0 amide bonds. The van der Waals surface area contributed by atoms with Crippen LogP contribution in [0, 0.1) is 0 Å². The maximum atomic E-state index is 12.4. The third-order valence-corrected chi connectivity index (χ3v) is 2.90. The molecule has 6 heteroatoms. The maximum absolute atomic E-state index is 12.4. The molecule has 0 unspecified atom stereocenters. The van der Waals surface area contributed by atoms with Gasteiger partial charge in [0.15, 0.2) is 0 Å². The Bertz CT molecular complexity index is 366. The first kappa shape index (κ1) is 14.3. The van der Waals surface area contributed by atoms with E-state index in [4.69, 9.17) is 5.73 Å². The summed E-state index contributed by atoms with van der Waals surface area (Å²) in [4.78, 5) is 0. The van der Waals surface area contributed by atoms with Gasteiger partial charge >= 0.3 is 6.18 Å². The number of unbranched alkanes of at least 4 members (excludes halogenated alkanes) is 1. The lowest BCUT2D eigenvalue weighted by atomic mass is 10.2. The molecule has 1 rings (SSSR count). The topological polar surface area (TPSA) is 38.0 Å². The second kappa shape index (κ2) is 6.26. The summed E-state index contributed by atoms with van der Waals surface area (Å²) in [5, 5.41) is 3.06. The van der Waals surface area contributed by atoms with Crippen molar-refractivity contribution in [3.8, 4) is 0 Å². The van der Waals surface area contributed by atoms with Gasteiger partial charge in [-0.2, -0.15) is 13.2 Å². The van der Waals surface area contributed by atoms with Crippen LogP contribution >= 0.6 is 15.9 Å². The van der Waals surface area contributed by atoms with Crippen molar-refractivity contribution < 1.29 is 13.2 Å². The maximum Gasteiger partial charge on any atom is 0.416 e. The van der Waals surface area contributed by atoms with Crippen LogP contribution in [-0.2, 0) is 6.18 Å². The van der Waals surface area contributed by atoms with Crippen LogP contribution in [0.15, 0.2) is 22.7 Å². The Morgan fingerprint density at radius 3 is 2.47 bits per heavy atom. The summed E-state index contributed by atoms with van der Waals surface area (Å²) in [6.45, 7) is 1.32. The lowest BCUT2D eigenvalue weighted by Crippen LogP contribution is -2.08. The highest BCUT2D eigenvalue weighted by Gasteiger charge is 2.30. The number of halogens is 4. The van der Waals surface area contributed by atoms with Crippen LogP contribution in [-0.4, -0.2) is 13.1 Å². The molecule has 1 aromatic rings. The SMILES string of the molecule is NCCCCNc1ccc(C(F)(F)F)cc1Br. The minimum atomic E-state index is -4.30. The van der Waals surface area contributed by atoms with Gasteiger partial charge in [-0.25, -0.2) is 0 Å². The van der Waals surface area contributed by atoms with Gasteiger partial charge in [0, 0.05) is 16.7 Å². The van der Waals surface area contributed by atoms with Crippen LogP contribution in [0.2, 0.25) is 0 Å². The Balaban J connectivity index is 2.64. The minimum Gasteiger partial charge on any atom is -0.384 e. The molecule has 0 aliphatic heterocycles. The lowest BCUT2D eigenvalue weighted by Gasteiger charge is -2.11. The number of hydrogen-bond donors (Lipinski definition) is 2. The quantitative estimate of drug-likeness (QED) is 0.815. The predicted octanol–water partition coefficient (Wildman–Crippen LogP) is 3.62. The van der Waals surface area contributed by atoms with Gasteiger partial charge in [-0.1, -0.05) is 0 Å². The molecule has 0 radical (unpaired) electrons. The van der Waals surface area contributed by atoms with Gasteiger partial charge in [-0.05, 0) is 53.5 Å². The Hall–Kier alpha value is -0.750. The number of alkyl halides is 3. The Morgan fingerprint density at radius 1 is 1.24 bits per heavy atom. The van der Waals surface area contributed by atoms with Gasteiger partial charge in [-0.15, -0.1) is 0 Å². The molecule has 0 heterocycles. The zero-order chi connectivity index (χ0) is 12.9. The predicted molar refractivity (Wildman–Crippen MR) is 65.9 cm³/mol. The fourth-order valence-electron chi connectivity index (χ4n) is 1.33. The third-order valence-electron chi connectivity index (χ3n) is 2.24. The zero-order valence-electron chi connectivity index (χ0n) is 9.15. The molecule has 0 spiro atoms. The minimum absolute atomic E-state index is 0.417. The van der Waals surface area contributed by atoms with Gasteiger partial charge in [0.05, 0.1) is 5.56 Å². The Kier molecular flexibility index (Phi) is 5.27. The second-order valence-electron chi connectivity index (χ2n) is 3.61. The number of nitrogens with one attached hydrogen (secondary N) is 1. The summed E-state index contributed by atoms with van der Waals surface area (Å²) in [5.41, 5.74) is 5.35. The van der Waals surface area contributed by atoms with Crippen LogP contribution in [0.5, 0.6) is 0 Å². The summed E-state index contributed by atoms with van der Waals surface area (Å²) >= 11 is 3.12. The number of hydrogen-bond acceptors (Lipinski definition) is 2. The van der Waals surface area contributed by atoms with Crippen molar-refractivity contribution in [3.05, 3.63) is 28.2 Å². The summed E-state index contributed by atoms with van der Waals surface area (Å²) in [6.07, 6.45) is -2.52. The number of nitrogens with two attached hydrogens (primary N) is 1. The third kappa shape index (κ3) is 4.55. The van der Waals surface area contributed by atoms with Crippen LogP contribution in [0.3, 0.4) is 0 Å². The van der Waals surface area contributed by atoms with Gasteiger partial charge in [0.2, 0.25) is 0 Å². The highest BCUT2D eigenvalue weighted by molar-refractivity contribution is 9.10. The molecule has 0 aromatic heterocycles. The van der Waals surface area contributed by atoms with Crippen LogP contribution in [0.4, 0.5) is 18.9 Å². The normalized spacial score (nSPS) is 11.6. The first-order chi connectivity index (χ1) is 7.95. The molecule has 2 nitrogen and oxygen atoms in total. The average Bonchev–Trinajstić information content (AvgIpc) is 2.24. The average molecular weight is 311 g/mol. The van der Waals surface area contributed by atoms with Gasteiger partial charge in [0.1, 0.15) is 0 Å². The van der Waals surface area contributed by atoms with E-state index in [1.165, 1.54) is 6.07 Å². The molecule has 0 bridgehead atoms. The Morgan fingerprint density at radius 2 is 1.94 bits per heavy atom. The van der Waals surface area contributed by atoms with Gasteiger partial charge in [-0.3, -0.25) is 0 Å². The molecule has 3 N–H and O–H groups in total. The first-order valence-corrected chi connectivity index (χ1v) is 6.05. The molecular weight excluding hydrogens is 297 g/mol. The summed E-state index contributed by atoms with van der Waals surface area (Å²) in [6, 6.07) is 3.57. The van der Waals surface area contributed by atoms with Crippen molar-refractivity contribution in [2.24, 2.45) is 5.73 Å². The standard InChI is InChI=1S/C11H14BrF3N2/c12-9-7-8(11(13,14)15)3-4-10(9)17-6-2-1-5-16/h3-4,7,17H,1-2,5-6,16H2. The highest BCUT2D eigenvalue weighted by atomic mass is 79.9. The van der Waals surface area contributed by atoms with E-state index >= 15 is 0 Å². The molecule has 0 fully saturated rings. The van der Waals surface area contributed by atoms with E-state index in [1.54, 1.807) is 0 Å². The molecule has 1 aromatic carbocycles. The van der Waals surface area contributed by atoms with Crippen molar-refractivity contribution >= 4 is 21.6 Å². The monoisotopic (exact) mass is 310 g/mol. The molecule has 0 aliphatic carbocycles. The molecule has 0 aliphatic rings. The molecule has 0 atom stereocenters. The Labute approximate surface area is 107 Å². The van der Waals surface area contributed by atoms with Crippen molar-refractivity contribution in [1.29, 1.82) is 0 Å². The lowest BCUT2D eigenvalue weighted by molar-refractivity contribution is -0.137. The molecule has 0 saturated carbocycles. The molecule has 96 valence electrons. The van der Waals surface area contributed by atoms with Crippen molar-refractivity contribution in [3.63, 3.8) is 0 Å². The molecule has 0 saturated heterocycles. The first-order valence-electron chi connectivity index (χ1n) is 5.26. The van der Waals surface area contributed by atoms with Crippen LogP contribution in [0.1, 0.15) is 18.4 Å². The van der Waals surface area contributed by atoms with Crippen LogP contribution in [0.25, 0.3) is 0 Å². The van der Waals surface area contributed by atoms with Crippen molar-refractivity contribution in [2.45, 2.75) is 19.0 Å². The van der Waals surface area contributed by atoms with Crippen molar-refractivity contribution in [1.82, 2.24) is 0 Å².